The van der Waals surface area contributed by atoms with Gasteiger partial charge in [-0.25, -0.2) is 4.57 Å². The van der Waals surface area contributed by atoms with Gasteiger partial charge in [-0.2, -0.15) is 0 Å². The molecule has 0 radical (unpaired) electrons. The van der Waals surface area contributed by atoms with Gasteiger partial charge in [-0.1, -0.05) is 356 Å². The third-order valence-corrected chi connectivity index (χ3v) is 18.4. The van der Waals surface area contributed by atoms with Crippen molar-refractivity contribution >= 4 is 19.8 Å². The first-order valence-corrected chi connectivity index (χ1v) is 40.8. The second-order valence-electron chi connectivity index (χ2n) is 27.7. The Kier molecular flexibility index (Phi) is 70.2. The van der Waals surface area contributed by atoms with Crippen molar-refractivity contribution in [2.45, 2.75) is 380 Å². The zero-order chi connectivity index (χ0) is 66.9. The molecule has 0 aromatic heterocycles. The zero-order valence-corrected chi connectivity index (χ0v) is 62.2. The molecule has 2 unspecified atom stereocenters. The first-order valence-electron chi connectivity index (χ1n) is 39.3. The minimum absolute atomic E-state index is 0.0280. The van der Waals surface area contributed by atoms with E-state index < -0.39 is 26.5 Å². The van der Waals surface area contributed by atoms with Crippen molar-refractivity contribution in [2.24, 2.45) is 0 Å². The van der Waals surface area contributed by atoms with Crippen LogP contribution in [0.4, 0.5) is 0 Å². The number of quaternary nitrogens is 1. The lowest BCUT2D eigenvalue weighted by molar-refractivity contribution is -0.870. The summed E-state index contributed by atoms with van der Waals surface area (Å²) >= 11 is 0. The lowest BCUT2D eigenvalue weighted by Gasteiger charge is -2.24. The van der Waals surface area contributed by atoms with Crippen LogP contribution in [0.15, 0.2) is 85.1 Å². The van der Waals surface area contributed by atoms with E-state index in [1.807, 2.05) is 21.1 Å². The summed E-state index contributed by atoms with van der Waals surface area (Å²) in [6.45, 7) is 4.35. The molecular weight excluding hydrogens is 1160 g/mol. The van der Waals surface area contributed by atoms with E-state index in [1.165, 1.54) is 257 Å². The maximum absolute atomic E-state index is 12.9. The Morgan fingerprint density at radius 1 is 0.348 bits per heavy atom. The number of hydrogen-bond acceptors (Lipinski definition) is 7. The number of ether oxygens (including phenoxy) is 2. The summed E-state index contributed by atoms with van der Waals surface area (Å²) in [5.41, 5.74) is 0. The number of hydrogen-bond donors (Lipinski definition) is 1. The average Bonchev–Trinajstić information content (AvgIpc) is 2.14. The second kappa shape index (κ2) is 72.5. The predicted octanol–water partition coefficient (Wildman–Crippen LogP) is 26.1. The standard InChI is InChI=1S/C82H150NO8P/c1-6-8-10-12-14-16-18-20-22-24-26-28-30-32-34-35-36-37-38-39-40-41-42-43-44-45-46-47-49-50-52-54-56-58-60-62-64-66-68-70-72-74-81(84)88-78-80(79-90-92(86,87)89-77-76-83(3,4)5)91-82(85)75-73-71-69-67-65-63-61-59-57-55-53-51-48-33-31-29-27-25-23-21-19-17-15-13-11-9-7-2/h9,11,15,17,21,23-24,26-27,29,33,48,53,55,80H,6-8,10,12-14,16,18-20,22,25,28,30-32,34-47,49-52,54,56-79H2,1-5H3/p+1/b11-9-,17-15-,23-21-,26-24-,29-27-,48-33-,55-53-. The van der Waals surface area contributed by atoms with Crippen molar-refractivity contribution in [3.05, 3.63) is 85.1 Å². The van der Waals surface area contributed by atoms with Gasteiger partial charge in [-0.3, -0.25) is 18.6 Å². The van der Waals surface area contributed by atoms with Crippen molar-refractivity contribution in [1.82, 2.24) is 0 Å². The van der Waals surface area contributed by atoms with E-state index in [0.717, 1.165) is 83.5 Å². The Morgan fingerprint density at radius 3 is 0.935 bits per heavy atom. The van der Waals surface area contributed by atoms with Gasteiger partial charge in [-0.05, 0) is 89.9 Å². The van der Waals surface area contributed by atoms with Crippen LogP contribution in [-0.4, -0.2) is 74.9 Å². The maximum Gasteiger partial charge on any atom is 0.472 e. The number of rotatable bonds is 73. The molecule has 0 rings (SSSR count). The smallest absolute Gasteiger partial charge is 0.462 e. The molecular formula is C82H151NO8P+. The van der Waals surface area contributed by atoms with Crippen molar-refractivity contribution in [1.29, 1.82) is 0 Å². The van der Waals surface area contributed by atoms with Crippen LogP contribution in [0.1, 0.15) is 373 Å². The fraction of sp³-hybridized carbons (Fsp3) is 0.805. The van der Waals surface area contributed by atoms with Crippen molar-refractivity contribution in [3.8, 4) is 0 Å². The van der Waals surface area contributed by atoms with Crippen LogP contribution in [0, 0.1) is 0 Å². The molecule has 10 heteroatoms. The van der Waals surface area contributed by atoms with Gasteiger partial charge < -0.3 is 18.9 Å². The van der Waals surface area contributed by atoms with Gasteiger partial charge in [0.2, 0.25) is 0 Å². The lowest BCUT2D eigenvalue weighted by Crippen LogP contribution is -2.37. The van der Waals surface area contributed by atoms with Crippen LogP contribution in [-0.2, 0) is 32.7 Å². The summed E-state index contributed by atoms with van der Waals surface area (Å²) in [6, 6.07) is 0. The highest BCUT2D eigenvalue weighted by Crippen LogP contribution is 2.43. The molecule has 1 N–H and O–H groups in total. The van der Waals surface area contributed by atoms with Crippen LogP contribution < -0.4 is 0 Å². The molecule has 9 nitrogen and oxygen atoms in total. The van der Waals surface area contributed by atoms with Crippen LogP contribution in [0.5, 0.6) is 0 Å². The molecule has 0 aliphatic carbocycles. The van der Waals surface area contributed by atoms with Gasteiger partial charge in [0.25, 0.3) is 0 Å². The van der Waals surface area contributed by atoms with Gasteiger partial charge in [0.05, 0.1) is 27.7 Å². The molecule has 92 heavy (non-hydrogen) atoms. The molecule has 536 valence electrons. The quantitative estimate of drug-likeness (QED) is 0.0211. The molecule has 0 amide bonds. The van der Waals surface area contributed by atoms with Crippen LogP contribution in [0.25, 0.3) is 0 Å². The van der Waals surface area contributed by atoms with Gasteiger partial charge in [0.1, 0.15) is 19.8 Å². The highest BCUT2D eigenvalue weighted by molar-refractivity contribution is 7.47. The molecule has 0 aliphatic rings. The minimum atomic E-state index is -4.40. The highest BCUT2D eigenvalue weighted by atomic mass is 31.2. The first kappa shape index (κ1) is 89.2. The van der Waals surface area contributed by atoms with E-state index in [4.69, 9.17) is 18.5 Å². The Hall–Kier alpha value is -2.81. The number of carbonyl (C=O) groups excluding carboxylic acids is 2. The summed E-state index contributed by atoms with van der Waals surface area (Å²) in [5.74, 6) is -0.795. The van der Waals surface area contributed by atoms with Crippen molar-refractivity contribution in [2.75, 3.05) is 47.5 Å². The fourth-order valence-corrected chi connectivity index (χ4v) is 12.2. The van der Waals surface area contributed by atoms with Crippen LogP contribution in [0.2, 0.25) is 0 Å². The third-order valence-electron chi connectivity index (χ3n) is 17.4. The van der Waals surface area contributed by atoms with Gasteiger partial charge in [0, 0.05) is 12.8 Å². The topological polar surface area (TPSA) is 108 Å². The highest BCUT2D eigenvalue weighted by Gasteiger charge is 2.27. The van der Waals surface area contributed by atoms with E-state index in [-0.39, 0.29) is 32.0 Å². The number of esters is 2. The van der Waals surface area contributed by atoms with Crippen molar-refractivity contribution < 1.29 is 42.1 Å². The van der Waals surface area contributed by atoms with E-state index >= 15 is 0 Å². The summed E-state index contributed by atoms with van der Waals surface area (Å²) in [7, 11) is 1.48. The van der Waals surface area contributed by atoms with Crippen molar-refractivity contribution in [3.63, 3.8) is 0 Å². The Labute approximate surface area is 571 Å². The molecule has 0 aromatic rings. The first-order chi connectivity index (χ1) is 45.0. The molecule has 2 atom stereocenters. The SMILES string of the molecule is CC/C=C\C/C=C\C/C=C\C/C=C\C/C=C\C/C=C\CCCCCCCCCCC(=O)OC(COC(=O)CCCCCCCCCCCCCCCCCCCCCCCCCCCCCCC/C=C\CCCCCCCCCC)COP(=O)(O)OCC[N+](C)(C)C. The van der Waals surface area contributed by atoms with Gasteiger partial charge in [-0.15, -0.1) is 0 Å². The number of unbranched alkanes of at least 4 members (excludes halogenated alkanes) is 45. The molecule has 0 aliphatic heterocycles. The molecule has 0 aromatic carbocycles. The fourth-order valence-electron chi connectivity index (χ4n) is 11.4. The second-order valence-corrected chi connectivity index (χ2v) is 29.2. The Balaban J connectivity index is 3.92. The molecule has 0 fully saturated rings. The van der Waals surface area contributed by atoms with E-state index in [9.17, 15) is 19.0 Å². The summed E-state index contributed by atoms with van der Waals surface area (Å²) in [5, 5.41) is 0. The summed E-state index contributed by atoms with van der Waals surface area (Å²) in [6.07, 6.45) is 100. The minimum Gasteiger partial charge on any atom is -0.462 e. The molecule has 0 bridgehead atoms. The number of nitrogens with zero attached hydrogens (tertiary/aromatic N) is 1. The van der Waals surface area contributed by atoms with Gasteiger partial charge in [0.15, 0.2) is 6.10 Å². The number of likely N-dealkylation sites (N-methyl/N-ethyl adjacent to an activating group) is 1. The number of allylic oxidation sites excluding steroid dienone is 14. The molecule has 0 saturated carbocycles. The van der Waals surface area contributed by atoms with Gasteiger partial charge >= 0.3 is 19.8 Å². The Bertz CT molecular complexity index is 1830. The van der Waals surface area contributed by atoms with E-state index in [1.54, 1.807) is 0 Å². The molecule has 0 heterocycles. The van der Waals surface area contributed by atoms with E-state index in [2.05, 4.69) is 98.9 Å². The summed E-state index contributed by atoms with van der Waals surface area (Å²) in [4.78, 5) is 35.9. The predicted molar refractivity (Wildman–Crippen MR) is 399 cm³/mol. The Morgan fingerprint density at radius 2 is 0.620 bits per heavy atom. The monoisotopic (exact) mass is 1310 g/mol. The maximum atomic E-state index is 12.9. The third kappa shape index (κ3) is 76.2. The number of phosphoric acid groups is 1. The molecule has 0 spiro atoms. The van der Waals surface area contributed by atoms with Crippen LogP contribution >= 0.6 is 7.82 Å². The van der Waals surface area contributed by atoms with Crippen LogP contribution in [0.3, 0.4) is 0 Å². The number of phosphoric ester groups is 1. The largest absolute Gasteiger partial charge is 0.472 e. The average molecular weight is 1310 g/mol. The normalized spacial score (nSPS) is 13.5. The lowest BCUT2D eigenvalue weighted by atomic mass is 10.0. The zero-order valence-electron chi connectivity index (χ0n) is 61.3. The van der Waals surface area contributed by atoms with E-state index in [0.29, 0.717) is 17.4 Å². The number of carbonyl (C=O) groups is 2. The molecule has 0 saturated heterocycles. The summed E-state index contributed by atoms with van der Waals surface area (Å²) < 4.78 is 34.8.